The van der Waals surface area contributed by atoms with Gasteiger partial charge in [0.25, 0.3) is 0 Å². The van der Waals surface area contributed by atoms with Crippen molar-refractivity contribution in [2.75, 3.05) is 39.8 Å². The standard InChI is InChI=1S/C25H27FN2O7S/c1-32-15-14-28(25(29)27-23-13-10-21(33-2)16-24(23)34-3)17-18-4-8-20(9-5-18)35-36(30,31)22-11-6-19(26)7-12-22/h4-13,16H,14-15,17H2,1-3H3,(H,27,29). The molecule has 0 heterocycles. The number of urea groups is 1. The summed E-state index contributed by atoms with van der Waals surface area (Å²) >= 11 is 0. The van der Waals surface area contributed by atoms with Gasteiger partial charge in [-0.15, -0.1) is 0 Å². The average molecular weight is 519 g/mol. The SMILES string of the molecule is COCCN(Cc1ccc(OS(=O)(=O)c2ccc(F)cc2)cc1)C(=O)Nc1ccc(OC)cc1OC. The van der Waals surface area contributed by atoms with E-state index in [0.29, 0.717) is 30.3 Å². The fourth-order valence-electron chi connectivity index (χ4n) is 3.20. The van der Waals surface area contributed by atoms with Crippen LogP contribution < -0.4 is 19.0 Å². The average Bonchev–Trinajstić information content (AvgIpc) is 2.87. The van der Waals surface area contributed by atoms with Crippen LogP contribution in [-0.2, 0) is 21.4 Å². The molecule has 0 radical (unpaired) electrons. The third-order valence-electron chi connectivity index (χ3n) is 5.11. The van der Waals surface area contributed by atoms with Gasteiger partial charge in [-0.2, -0.15) is 8.42 Å². The molecule has 0 fully saturated rings. The van der Waals surface area contributed by atoms with Crippen molar-refractivity contribution in [2.24, 2.45) is 0 Å². The number of carbonyl (C=O) groups excluding carboxylic acids is 1. The lowest BCUT2D eigenvalue weighted by atomic mass is 10.2. The van der Waals surface area contributed by atoms with E-state index >= 15 is 0 Å². The molecule has 0 atom stereocenters. The minimum atomic E-state index is -4.12. The highest BCUT2D eigenvalue weighted by Gasteiger charge is 2.19. The van der Waals surface area contributed by atoms with Gasteiger partial charge in [-0.05, 0) is 54.1 Å². The zero-order valence-electron chi connectivity index (χ0n) is 20.1. The lowest BCUT2D eigenvalue weighted by molar-refractivity contribution is 0.153. The van der Waals surface area contributed by atoms with Gasteiger partial charge in [0.15, 0.2) is 0 Å². The number of hydrogen-bond acceptors (Lipinski definition) is 7. The molecule has 11 heteroatoms. The van der Waals surface area contributed by atoms with E-state index in [-0.39, 0.29) is 23.2 Å². The number of hydrogen-bond donors (Lipinski definition) is 1. The Balaban J connectivity index is 1.71. The maximum atomic E-state index is 13.1. The van der Waals surface area contributed by atoms with Crippen LogP contribution in [0.25, 0.3) is 0 Å². The zero-order chi connectivity index (χ0) is 26.1. The molecule has 0 aromatic heterocycles. The first-order valence-electron chi connectivity index (χ1n) is 10.8. The molecule has 0 spiro atoms. The van der Waals surface area contributed by atoms with Crippen LogP contribution in [0.4, 0.5) is 14.9 Å². The molecule has 0 saturated carbocycles. The van der Waals surface area contributed by atoms with E-state index in [1.54, 1.807) is 30.3 Å². The smallest absolute Gasteiger partial charge is 0.339 e. The minimum Gasteiger partial charge on any atom is -0.497 e. The Morgan fingerprint density at radius 1 is 0.917 bits per heavy atom. The number of methoxy groups -OCH3 is 3. The second-order valence-corrected chi connectivity index (χ2v) is 9.09. The van der Waals surface area contributed by atoms with E-state index in [2.05, 4.69) is 5.32 Å². The van der Waals surface area contributed by atoms with Crippen LogP contribution in [0, 0.1) is 5.82 Å². The number of halogens is 1. The van der Waals surface area contributed by atoms with Crippen molar-refractivity contribution in [1.82, 2.24) is 4.90 Å². The molecule has 9 nitrogen and oxygen atoms in total. The number of amides is 2. The van der Waals surface area contributed by atoms with Gasteiger partial charge in [-0.1, -0.05) is 12.1 Å². The Bertz CT molecular complexity index is 1270. The summed E-state index contributed by atoms with van der Waals surface area (Å²) in [6, 6.07) is 15.3. The van der Waals surface area contributed by atoms with Crippen LogP contribution in [0.2, 0.25) is 0 Å². The van der Waals surface area contributed by atoms with E-state index in [0.717, 1.165) is 29.8 Å². The lowest BCUT2D eigenvalue weighted by Gasteiger charge is -2.23. The first-order chi connectivity index (χ1) is 17.2. The Morgan fingerprint density at radius 3 is 2.19 bits per heavy atom. The van der Waals surface area contributed by atoms with Crippen molar-refractivity contribution in [2.45, 2.75) is 11.4 Å². The van der Waals surface area contributed by atoms with Gasteiger partial charge in [-0.25, -0.2) is 9.18 Å². The molecule has 192 valence electrons. The summed E-state index contributed by atoms with van der Waals surface area (Å²) in [7, 11) is 0.451. The van der Waals surface area contributed by atoms with Gasteiger partial charge in [-0.3, -0.25) is 0 Å². The van der Waals surface area contributed by atoms with E-state index in [9.17, 15) is 17.6 Å². The highest BCUT2D eigenvalue weighted by molar-refractivity contribution is 7.87. The quantitative estimate of drug-likeness (QED) is 0.378. The monoisotopic (exact) mass is 518 g/mol. The topological polar surface area (TPSA) is 103 Å². The maximum absolute atomic E-state index is 13.1. The predicted molar refractivity (Wildman–Crippen MR) is 132 cm³/mol. The molecule has 3 rings (SSSR count). The van der Waals surface area contributed by atoms with Crippen LogP contribution >= 0.6 is 0 Å². The molecule has 3 aromatic rings. The summed E-state index contributed by atoms with van der Waals surface area (Å²) in [4.78, 5) is 14.4. The van der Waals surface area contributed by atoms with Gasteiger partial charge >= 0.3 is 16.1 Å². The zero-order valence-corrected chi connectivity index (χ0v) is 20.9. The van der Waals surface area contributed by atoms with Crippen molar-refractivity contribution in [1.29, 1.82) is 0 Å². The van der Waals surface area contributed by atoms with Gasteiger partial charge in [0, 0.05) is 26.3 Å². The summed E-state index contributed by atoms with van der Waals surface area (Å²) < 4.78 is 58.7. The van der Waals surface area contributed by atoms with E-state index in [1.807, 2.05) is 0 Å². The molecule has 3 aromatic carbocycles. The molecule has 0 aliphatic heterocycles. The van der Waals surface area contributed by atoms with Crippen molar-refractivity contribution >= 4 is 21.8 Å². The maximum Gasteiger partial charge on any atom is 0.339 e. The lowest BCUT2D eigenvalue weighted by Crippen LogP contribution is -2.36. The fraction of sp³-hybridized carbons (Fsp3) is 0.240. The van der Waals surface area contributed by atoms with Crippen LogP contribution in [0.3, 0.4) is 0 Å². The summed E-state index contributed by atoms with van der Waals surface area (Å²) in [6.45, 7) is 0.834. The number of carbonyl (C=O) groups is 1. The van der Waals surface area contributed by atoms with Crippen molar-refractivity contribution in [3.8, 4) is 17.2 Å². The summed E-state index contributed by atoms with van der Waals surface area (Å²) in [5, 5.41) is 2.83. The fourth-order valence-corrected chi connectivity index (χ4v) is 4.13. The normalized spacial score (nSPS) is 11.0. The van der Waals surface area contributed by atoms with Crippen LogP contribution in [0.5, 0.6) is 17.2 Å². The number of nitrogens with zero attached hydrogens (tertiary/aromatic N) is 1. The molecule has 0 unspecified atom stereocenters. The van der Waals surface area contributed by atoms with Crippen molar-refractivity contribution in [3.63, 3.8) is 0 Å². The Hall–Kier alpha value is -3.83. The summed E-state index contributed by atoms with van der Waals surface area (Å²) in [5.41, 5.74) is 1.20. The van der Waals surface area contributed by atoms with E-state index in [4.69, 9.17) is 18.4 Å². The molecule has 36 heavy (non-hydrogen) atoms. The molecule has 0 aliphatic carbocycles. The van der Waals surface area contributed by atoms with Crippen LogP contribution in [0.1, 0.15) is 5.56 Å². The predicted octanol–water partition coefficient (Wildman–Crippen LogP) is 4.29. The second-order valence-electron chi connectivity index (χ2n) is 7.55. The molecule has 0 aliphatic rings. The first kappa shape index (κ1) is 26.8. The number of anilines is 1. The molecule has 1 N–H and O–H groups in total. The van der Waals surface area contributed by atoms with Crippen LogP contribution in [0.15, 0.2) is 71.6 Å². The summed E-state index contributed by atoms with van der Waals surface area (Å²) in [6.07, 6.45) is 0. The van der Waals surface area contributed by atoms with Gasteiger partial charge in [0.1, 0.15) is 28.0 Å². The Kier molecular flexibility index (Phi) is 9.09. The van der Waals surface area contributed by atoms with E-state index in [1.165, 1.54) is 38.4 Å². The molecule has 2 amide bonds. The minimum absolute atomic E-state index is 0.0823. The third kappa shape index (κ3) is 7.09. The number of ether oxygens (including phenoxy) is 3. The molecule has 0 bridgehead atoms. The Morgan fingerprint density at radius 2 is 1.58 bits per heavy atom. The van der Waals surface area contributed by atoms with Gasteiger partial charge < -0.3 is 28.6 Å². The number of nitrogens with one attached hydrogen (secondary N) is 1. The highest BCUT2D eigenvalue weighted by Crippen LogP contribution is 2.29. The van der Waals surface area contributed by atoms with Crippen molar-refractivity contribution < 1.29 is 36.0 Å². The van der Waals surface area contributed by atoms with Gasteiger partial charge in [0.05, 0.1) is 26.5 Å². The number of benzene rings is 3. The first-order valence-corrected chi connectivity index (χ1v) is 12.2. The highest BCUT2D eigenvalue weighted by atomic mass is 32.2. The van der Waals surface area contributed by atoms with E-state index < -0.39 is 15.9 Å². The summed E-state index contributed by atoms with van der Waals surface area (Å²) in [5.74, 6) is 0.563. The molecule has 0 saturated heterocycles. The molecular weight excluding hydrogens is 491 g/mol. The van der Waals surface area contributed by atoms with Gasteiger partial charge in [0.2, 0.25) is 0 Å². The molecular formula is C25H27FN2O7S. The second kappa shape index (κ2) is 12.2. The largest absolute Gasteiger partial charge is 0.497 e. The third-order valence-corrected chi connectivity index (χ3v) is 6.37. The number of rotatable bonds is 11. The van der Waals surface area contributed by atoms with Crippen LogP contribution in [-0.4, -0.2) is 53.8 Å². The van der Waals surface area contributed by atoms with Crippen molar-refractivity contribution in [3.05, 3.63) is 78.1 Å². The Labute approximate surface area is 209 Å².